The van der Waals surface area contributed by atoms with E-state index in [0.29, 0.717) is 33.7 Å². The number of halogens is 2. The monoisotopic (exact) mass is 351 g/mol. The molecule has 2 aromatic rings. The average molecular weight is 352 g/mol. The Morgan fingerprint density at radius 1 is 1.27 bits per heavy atom. The predicted octanol–water partition coefficient (Wildman–Crippen LogP) is 4.62. The third-order valence-corrected chi connectivity index (χ3v) is 3.65. The molecule has 2 rings (SSSR count). The Morgan fingerprint density at radius 3 is 2.68 bits per heavy atom. The molecule has 0 fully saturated rings. The quantitative estimate of drug-likeness (QED) is 0.610. The van der Waals surface area contributed by atoms with E-state index in [4.69, 9.17) is 32.7 Å². The van der Waals surface area contributed by atoms with Gasteiger partial charge < -0.3 is 14.8 Å². The minimum absolute atomic E-state index is 0.181. The van der Waals surface area contributed by atoms with Gasteiger partial charge in [0.25, 0.3) is 5.91 Å². The Balaban J connectivity index is 2.02. The van der Waals surface area contributed by atoms with E-state index in [1.54, 1.807) is 42.5 Å². The molecule has 6 heteroatoms. The summed E-state index contributed by atoms with van der Waals surface area (Å²) in [6.45, 7) is 2.65. The lowest BCUT2D eigenvalue weighted by Gasteiger charge is -2.09. The highest BCUT2D eigenvalue weighted by Gasteiger charge is 2.10. The van der Waals surface area contributed by atoms with Crippen molar-refractivity contribution in [1.29, 1.82) is 0 Å². The van der Waals surface area contributed by atoms with Crippen LogP contribution in [0, 0.1) is 0 Å². The molecular weight excluding hydrogens is 337 g/mol. The smallest absolute Gasteiger partial charge is 0.255 e. The molecule has 0 aliphatic carbocycles. The van der Waals surface area contributed by atoms with E-state index in [-0.39, 0.29) is 12.7 Å². The molecule has 0 atom stereocenters. The number of carbonyl (C=O) groups excluding carboxylic acids is 1. The van der Waals surface area contributed by atoms with Gasteiger partial charge >= 0.3 is 0 Å². The molecule has 4 nitrogen and oxygen atoms in total. The van der Waals surface area contributed by atoms with E-state index in [9.17, 15) is 4.79 Å². The SMILES string of the molecule is CCOCOc1ccc(C(=O)N[14c]2[14cH][14cH][14cH][14c](Cl)[14c]2Cl)cc1. The van der Waals surface area contributed by atoms with Gasteiger partial charge in [-0.3, -0.25) is 4.79 Å². The van der Waals surface area contributed by atoms with Crippen molar-refractivity contribution < 1.29 is 14.3 Å². The first-order valence-corrected chi connectivity index (χ1v) is 7.43. The van der Waals surface area contributed by atoms with Gasteiger partial charge in [0.2, 0.25) is 0 Å². The van der Waals surface area contributed by atoms with Crippen LogP contribution in [0.2, 0.25) is 10.0 Å². The zero-order chi connectivity index (χ0) is 15.9. The summed E-state index contributed by atoms with van der Waals surface area (Å²) in [6.07, 6.45) is 0. The van der Waals surface area contributed by atoms with Crippen LogP contribution in [-0.2, 0) is 4.74 Å². The second-order valence-electron chi connectivity index (χ2n) is 4.33. The standard InChI is InChI=1S/C16H15Cl2NO3/c1-2-21-10-22-12-8-6-11(7-9-12)16(20)19-14-5-3-4-13(17)15(14)18/h3-9H,2,10H2,1H3,(H,19,20)/i3+2,4+2,5+2,13+2,14+2,15+2. The van der Waals surface area contributed by atoms with Crippen LogP contribution >= 0.6 is 23.2 Å². The van der Waals surface area contributed by atoms with E-state index in [1.807, 2.05) is 6.92 Å². The molecule has 0 aliphatic heterocycles. The van der Waals surface area contributed by atoms with Crippen molar-refractivity contribution in [1.82, 2.24) is 0 Å². The Bertz CT molecular complexity index is 644. The van der Waals surface area contributed by atoms with Gasteiger partial charge in [0.1, 0.15) is 5.75 Å². The first-order valence-electron chi connectivity index (χ1n) is 6.67. The van der Waals surface area contributed by atoms with Crippen LogP contribution in [0.15, 0.2) is 42.5 Å². The van der Waals surface area contributed by atoms with Gasteiger partial charge in [-0.25, -0.2) is 0 Å². The number of nitrogens with one attached hydrogen (secondary N) is 1. The van der Waals surface area contributed by atoms with E-state index in [0.717, 1.165) is 0 Å². The van der Waals surface area contributed by atoms with Gasteiger partial charge in [-0.05, 0) is 43.3 Å². The number of hydrogen-bond donors (Lipinski definition) is 1. The number of anilines is 1. The molecule has 0 spiro atoms. The lowest BCUT2D eigenvalue weighted by molar-refractivity contribution is 0.0224. The van der Waals surface area contributed by atoms with E-state index >= 15 is 0 Å². The topological polar surface area (TPSA) is 47.6 Å². The molecule has 0 radical (unpaired) electrons. The van der Waals surface area contributed by atoms with Crippen LogP contribution in [0.1, 0.15) is 17.3 Å². The van der Waals surface area contributed by atoms with Crippen molar-refractivity contribution in [3.05, 3.63) is 58.1 Å². The van der Waals surface area contributed by atoms with E-state index < -0.39 is 0 Å². The zero-order valence-electron chi connectivity index (χ0n) is 11.9. The van der Waals surface area contributed by atoms with Gasteiger partial charge in [-0.1, -0.05) is 29.3 Å². The number of amides is 1. The fraction of sp³-hybridized carbons (Fsp3) is 0.188. The Morgan fingerprint density at radius 2 is 2.00 bits per heavy atom. The normalized spacial score (nSPS) is 10.3. The molecule has 1 amide bonds. The van der Waals surface area contributed by atoms with Gasteiger partial charge in [-0.15, -0.1) is 0 Å². The molecule has 116 valence electrons. The van der Waals surface area contributed by atoms with Crippen LogP contribution in [0.3, 0.4) is 0 Å². The highest BCUT2D eigenvalue weighted by molar-refractivity contribution is 6.44. The molecule has 0 aliphatic rings. The highest BCUT2D eigenvalue weighted by atomic mass is 35.5. The van der Waals surface area contributed by atoms with Crippen molar-refractivity contribution in [3.8, 4) is 5.75 Å². The number of hydrogen-bond acceptors (Lipinski definition) is 3. The molecule has 22 heavy (non-hydrogen) atoms. The third-order valence-electron chi connectivity index (χ3n) is 2.83. The van der Waals surface area contributed by atoms with Gasteiger partial charge in [-0.2, -0.15) is 0 Å². The summed E-state index contributed by atoms with van der Waals surface area (Å²) in [7, 11) is 0. The number of ether oxygens (including phenoxy) is 2. The average Bonchev–Trinajstić information content (AvgIpc) is 2.53. The summed E-state index contributed by atoms with van der Waals surface area (Å²) in [5.41, 5.74) is 0.954. The number of rotatable bonds is 6. The van der Waals surface area contributed by atoms with Crippen LogP contribution in [0.25, 0.3) is 0 Å². The fourth-order valence-corrected chi connectivity index (χ4v) is 2.04. The highest BCUT2D eigenvalue weighted by Crippen LogP contribution is 2.29. The van der Waals surface area contributed by atoms with E-state index in [1.165, 1.54) is 0 Å². The number of carbonyl (C=O) groups is 1. The summed E-state index contributed by atoms with van der Waals surface area (Å²) < 4.78 is 10.4. The molecule has 0 bridgehead atoms. The van der Waals surface area contributed by atoms with Crippen molar-refractivity contribution in [2.75, 3.05) is 18.7 Å². The summed E-state index contributed by atoms with van der Waals surface area (Å²) in [4.78, 5) is 12.2. The maximum Gasteiger partial charge on any atom is 0.255 e. The van der Waals surface area contributed by atoms with Crippen molar-refractivity contribution >= 4 is 34.8 Å². The van der Waals surface area contributed by atoms with Crippen LogP contribution in [0.4, 0.5) is 5.69 Å². The summed E-state index contributed by atoms with van der Waals surface area (Å²) >= 11 is 12.0. The number of benzene rings is 2. The Hall–Kier alpha value is -1.75. The predicted molar refractivity (Wildman–Crippen MR) is 88.0 cm³/mol. The first-order chi connectivity index (χ1) is 10.6. The molecule has 1 N–H and O–H groups in total. The molecule has 0 aromatic heterocycles. The lowest BCUT2D eigenvalue weighted by Crippen LogP contribution is -2.12. The minimum Gasteiger partial charge on any atom is -0.468 e. The van der Waals surface area contributed by atoms with Gasteiger partial charge in [0.05, 0.1) is 15.7 Å². The van der Waals surface area contributed by atoms with Gasteiger partial charge in [0, 0.05) is 12.2 Å². The largest absolute Gasteiger partial charge is 0.468 e. The van der Waals surface area contributed by atoms with E-state index in [2.05, 4.69) is 5.32 Å². The Labute approximate surface area is 138 Å². The summed E-state index contributed by atoms with van der Waals surface area (Å²) in [5.74, 6) is 0.353. The fourth-order valence-electron chi connectivity index (χ4n) is 1.69. The maximum atomic E-state index is 12.2. The van der Waals surface area contributed by atoms with Crippen molar-refractivity contribution in [3.63, 3.8) is 0 Å². The minimum atomic E-state index is -0.277. The summed E-state index contributed by atoms with van der Waals surface area (Å²) in [6, 6.07) is 11.8. The molecule has 0 heterocycles. The molecule has 2 aromatic carbocycles. The van der Waals surface area contributed by atoms with Crippen LogP contribution in [-0.4, -0.2) is 19.3 Å². The molecule has 0 saturated carbocycles. The second kappa shape index (κ2) is 8.03. The lowest BCUT2D eigenvalue weighted by atomic mass is 10.2. The molecule has 0 unspecified atom stereocenters. The van der Waals surface area contributed by atoms with Crippen molar-refractivity contribution in [2.24, 2.45) is 0 Å². The maximum absolute atomic E-state index is 12.2. The Kier molecular flexibility index (Phi) is 6.07. The van der Waals surface area contributed by atoms with Gasteiger partial charge in [0.15, 0.2) is 6.79 Å². The first kappa shape index (κ1) is 16.6. The zero-order valence-corrected chi connectivity index (χ0v) is 13.4. The second-order valence-corrected chi connectivity index (χ2v) is 5.12. The van der Waals surface area contributed by atoms with Crippen LogP contribution < -0.4 is 10.1 Å². The van der Waals surface area contributed by atoms with Crippen molar-refractivity contribution in [2.45, 2.75) is 6.92 Å². The van der Waals surface area contributed by atoms with Crippen LogP contribution in [0.5, 0.6) is 5.75 Å². The summed E-state index contributed by atoms with van der Waals surface area (Å²) in [5, 5.41) is 3.42. The molecule has 0 saturated heterocycles. The molecular formula is C16H15Cl2NO3. The third kappa shape index (κ3) is 4.37.